The van der Waals surface area contributed by atoms with Crippen LogP contribution in [0.2, 0.25) is 0 Å². The number of fused-ring (bicyclic) bond motifs is 3. The van der Waals surface area contributed by atoms with Gasteiger partial charge in [0.2, 0.25) is 0 Å². The number of benzene rings is 3. The average Bonchev–Trinajstić information content (AvgIpc) is 3.27. The van der Waals surface area contributed by atoms with E-state index in [1.54, 1.807) is 7.11 Å². The van der Waals surface area contributed by atoms with Crippen LogP contribution < -0.4 is 24.5 Å². The van der Waals surface area contributed by atoms with Crippen LogP contribution in [0.3, 0.4) is 0 Å². The number of methoxy groups -OCH3 is 1. The number of aryl methyl sites for hydroxylation is 1. The molecule has 5 nitrogen and oxygen atoms in total. The number of allylic oxidation sites excluding steroid dienone is 1. The molecule has 38 heavy (non-hydrogen) atoms. The van der Waals surface area contributed by atoms with Crippen molar-refractivity contribution < 1.29 is 4.74 Å². The fraction of sp³-hybridized carbons (Fsp3) is 0.250. The van der Waals surface area contributed by atoms with Gasteiger partial charge in [-0.1, -0.05) is 59.9 Å². The Balaban J connectivity index is 1.51. The minimum atomic E-state index is -0.187. The molecule has 0 bridgehead atoms. The largest absolute Gasteiger partial charge is 0.497 e. The van der Waals surface area contributed by atoms with Gasteiger partial charge >= 0.3 is 0 Å². The van der Waals surface area contributed by atoms with Crippen LogP contribution >= 0.6 is 11.3 Å². The normalized spacial score (nSPS) is 16.4. The Labute approximate surface area is 226 Å². The smallest absolute Gasteiger partial charge is 0.271 e. The number of hydrogen-bond acceptors (Lipinski definition) is 5. The van der Waals surface area contributed by atoms with E-state index in [2.05, 4.69) is 79.4 Å². The Hall–Kier alpha value is -3.90. The number of anilines is 1. The molecule has 1 aliphatic carbocycles. The molecular formula is C32H31N3O2S. The Bertz CT molecular complexity index is 1690. The summed E-state index contributed by atoms with van der Waals surface area (Å²) >= 11 is 1.47. The van der Waals surface area contributed by atoms with Gasteiger partial charge in [0.25, 0.3) is 5.56 Å². The van der Waals surface area contributed by atoms with Crippen molar-refractivity contribution in [3.8, 4) is 5.75 Å². The maximum absolute atomic E-state index is 13.9. The Morgan fingerprint density at radius 2 is 1.74 bits per heavy atom. The first-order valence-corrected chi connectivity index (χ1v) is 14.0. The molecule has 192 valence electrons. The number of aromatic nitrogens is 1. The summed E-state index contributed by atoms with van der Waals surface area (Å²) in [5, 5.41) is 0. The summed E-state index contributed by atoms with van der Waals surface area (Å²) in [6.45, 7) is 6.26. The summed E-state index contributed by atoms with van der Waals surface area (Å²) in [6.07, 6.45) is 3.82. The second-order valence-corrected chi connectivity index (χ2v) is 10.7. The van der Waals surface area contributed by atoms with Crippen molar-refractivity contribution in [1.29, 1.82) is 0 Å². The quantitative estimate of drug-likeness (QED) is 0.352. The highest BCUT2D eigenvalue weighted by Gasteiger charge is 2.32. The summed E-state index contributed by atoms with van der Waals surface area (Å²) in [5.41, 5.74) is 8.01. The molecule has 0 saturated heterocycles. The van der Waals surface area contributed by atoms with Crippen LogP contribution in [0.4, 0.5) is 5.69 Å². The van der Waals surface area contributed by atoms with Gasteiger partial charge in [0.15, 0.2) is 4.80 Å². The van der Waals surface area contributed by atoms with E-state index in [4.69, 9.17) is 9.73 Å². The van der Waals surface area contributed by atoms with Crippen LogP contribution in [0.15, 0.2) is 88.2 Å². The fourth-order valence-corrected chi connectivity index (χ4v) is 6.63. The number of hydrogen-bond donors (Lipinski definition) is 0. The van der Waals surface area contributed by atoms with Gasteiger partial charge in [-0.05, 0) is 79.3 Å². The van der Waals surface area contributed by atoms with Gasteiger partial charge in [-0.2, -0.15) is 0 Å². The molecule has 2 aliphatic rings. The monoisotopic (exact) mass is 521 g/mol. The molecule has 1 aliphatic heterocycles. The van der Waals surface area contributed by atoms with E-state index >= 15 is 0 Å². The van der Waals surface area contributed by atoms with Crippen molar-refractivity contribution in [2.24, 2.45) is 4.99 Å². The number of rotatable bonds is 6. The fourth-order valence-electron chi connectivity index (χ4n) is 5.63. The van der Waals surface area contributed by atoms with Crippen LogP contribution in [0.1, 0.15) is 48.6 Å². The van der Waals surface area contributed by atoms with E-state index in [9.17, 15) is 4.79 Å². The van der Waals surface area contributed by atoms with Crippen molar-refractivity contribution in [3.63, 3.8) is 0 Å². The van der Waals surface area contributed by atoms with Crippen molar-refractivity contribution in [2.45, 2.75) is 32.7 Å². The molecular weight excluding hydrogens is 490 g/mol. The molecule has 0 amide bonds. The molecule has 0 spiro atoms. The topological polar surface area (TPSA) is 46.8 Å². The van der Waals surface area contributed by atoms with Crippen molar-refractivity contribution in [2.75, 3.05) is 25.1 Å². The Morgan fingerprint density at radius 1 is 1.00 bits per heavy atom. The third kappa shape index (κ3) is 4.19. The Kier molecular flexibility index (Phi) is 6.50. The van der Waals surface area contributed by atoms with E-state index < -0.39 is 0 Å². The SMILES string of the molecule is CCN(CC)c1ccc(/C=c2\sc3n(c2=O)[C@H](c2ccc(OC)cc2)C2=C(N=3)c3ccccc3CC2)cc1. The second-order valence-electron chi connectivity index (χ2n) is 9.65. The van der Waals surface area contributed by atoms with Gasteiger partial charge in [-0.25, -0.2) is 4.99 Å². The molecule has 0 fully saturated rings. The van der Waals surface area contributed by atoms with Gasteiger partial charge in [0.1, 0.15) is 5.75 Å². The summed E-state index contributed by atoms with van der Waals surface area (Å²) in [6, 6.07) is 24.9. The first-order chi connectivity index (χ1) is 18.6. The number of nitrogens with zero attached hydrogens (tertiary/aromatic N) is 3. The third-order valence-corrected chi connectivity index (χ3v) is 8.61. The van der Waals surface area contributed by atoms with Crippen molar-refractivity contribution in [1.82, 2.24) is 4.57 Å². The predicted molar refractivity (Wildman–Crippen MR) is 156 cm³/mol. The molecule has 1 atom stereocenters. The van der Waals surface area contributed by atoms with E-state index in [1.165, 1.54) is 33.7 Å². The lowest BCUT2D eigenvalue weighted by Crippen LogP contribution is -2.38. The zero-order valence-corrected chi connectivity index (χ0v) is 22.8. The molecule has 0 N–H and O–H groups in total. The summed E-state index contributed by atoms with van der Waals surface area (Å²) in [5.74, 6) is 0.803. The average molecular weight is 522 g/mol. The zero-order valence-electron chi connectivity index (χ0n) is 22.0. The molecule has 0 radical (unpaired) electrons. The first-order valence-electron chi connectivity index (χ1n) is 13.2. The molecule has 4 aromatic rings. The van der Waals surface area contributed by atoms with Gasteiger partial charge in [0, 0.05) is 24.3 Å². The van der Waals surface area contributed by atoms with Crippen molar-refractivity contribution >= 4 is 28.8 Å². The Morgan fingerprint density at radius 3 is 2.45 bits per heavy atom. The maximum Gasteiger partial charge on any atom is 0.271 e. The summed E-state index contributed by atoms with van der Waals surface area (Å²) < 4.78 is 8.00. The van der Waals surface area contributed by atoms with Crippen LogP contribution in [0.5, 0.6) is 5.75 Å². The van der Waals surface area contributed by atoms with E-state index in [1.807, 2.05) is 22.8 Å². The molecule has 2 heterocycles. The lowest BCUT2D eigenvalue weighted by atomic mass is 9.83. The minimum Gasteiger partial charge on any atom is -0.497 e. The van der Waals surface area contributed by atoms with E-state index in [0.717, 1.165) is 53.3 Å². The molecule has 0 saturated carbocycles. The van der Waals surface area contributed by atoms with Gasteiger partial charge in [0.05, 0.1) is 23.4 Å². The predicted octanol–water partition coefficient (Wildman–Crippen LogP) is 5.17. The summed E-state index contributed by atoms with van der Waals surface area (Å²) in [4.78, 5) is 22.1. The highest BCUT2D eigenvalue weighted by atomic mass is 32.1. The highest BCUT2D eigenvalue weighted by molar-refractivity contribution is 7.07. The van der Waals surface area contributed by atoms with Crippen molar-refractivity contribution in [3.05, 3.63) is 120 Å². The third-order valence-electron chi connectivity index (χ3n) is 7.62. The highest BCUT2D eigenvalue weighted by Crippen LogP contribution is 2.41. The van der Waals surface area contributed by atoms with Crippen LogP contribution in [0, 0.1) is 0 Å². The molecule has 6 rings (SSSR count). The van der Waals surface area contributed by atoms with Gasteiger partial charge < -0.3 is 9.64 Å². The number of thiazole rings is 1. The minimum absolute atomic E-state index is 0.00722. The van der Waals surface area contributed by atoms with Gasteiger partial charge in [-0.3, -0.25) is 9.36 Å². The maximum atomic E-state index is 13.9. The standard InChI is InChI=1S/C32H31N3O2S/c1-4-34(5-2)24-15-10-21(11-16-24)20-28-31(36)35-30(23-12-17-25(37-3)18-13-23)27-19-14-22-8-6-7-9-26(22)29(27)33-32(35)38-28/h6-13,15-18,20,30H,4-5,14,19H2,1-3H3/b28-20-/t30-/m1/s1. The lowest BCUT2D eigenvalue weighted by molar-refractivity contribution is 0.414. The number of ether oxygens (including phenoxy) is 1. The van der Waals surface area contributed by atoms with E-state index in [0.29, 0.717) is 4.53 Å². The molecule has 3 aromatic carbocycles. The zero-order chi connectivity index (χ0) is 26.2. The first kappa shape index (κ1) is 24.4. The van der Waals surface area contributed by atoms with Crippen LogP contribution in [0.25, 0.3) is 11.8 Å². The summed E-state index contributed by atoms with van der Waals surface area (Å²) in [7, 11) is 1.67. The van der Waals surface area contributed by atoms with E-state index in [-0.39, 0.29) is 11.6 Å². The lowest BCUT2D eigenvalue weighted by Gasteiger charge is -2.30. The van der Waals surface area contributed by atoms with Crippen LogP contribution in [-0.4, -0.2) is 24.8 Å². The molecule has 6 heteroatoms. The second kappa shape index (κ2) is 10.1. The molecule has 1 aromatic heterocycles. The van der Waals surface area contributed by atoms with Gasteiger partial charge in [-0.15, -0.1) is 0 Å². The van der Waals surface area contributed by atoms with Crippen LogP contribution in [-0.2, 0) is 6.42 Å². The molecule has 0 unspecified atom stereocenters.